The number of ether oxygens (including phenoxy) is 1. The number of carbonyl (C=O) groups excluding carboxylic acids is 1. The highest BCUT2D eigenvalue weighted by Crippen LogP contribution is 2.68. The molecule has 4 saturated carbocycles. The molecule has 5 atom stereocenters. The van der Waals surface area contributed by atoms with Gasteiger partial charge in [-0.1, -0.05) is 38.5 Å². The average molecular weight is 374 g/mol. The number of guanidine groups is 1. The topological polar surface area (TPSA) is 65.4 Å². The van der Waals surface area contributed by atoms with Crippen molar-refractivity contribution < 1.29 is 9.53 Å². The highest BCUT2D eigenvalue weighted by molar-refractivity contribution is 6.07. The summed E-state index contributed by atoms with van der Waals surface area (Å²) < 4.78 is 6.48. The fraction of sp³-hybridized carbons (Fsp3) is 0.909. The Balaban J connectivity index is 1.27. The minimum absolute atomic E-state index is 0.0391. The number of carbonyl (C=O) groups is 1. The fourth-order valence-electron chi connectivity index (χ4n) is 7.23. The van der Waals surface area contributed by atoms with Gasteiger partial charge in [-0.25, -0.2) is 0 Å². The third-order valence-corrected chi connectivity index (χ3v) is 8.92. The maximum atomic E-state index is 13.1. The maximum Gasteiger partial charge on any atom is 0.257 e. The molecule has 5 fully saturated rings. The van der Waals surface area contributed by atoms with E-state index in [-0.39, 0.29) is 11.9 Å². The van der Waals surface area contributed by atoms with Gasteiger partial charge in [0.05, 0.1) is 12.7 Å². The first-order valence-corrected chi connectivity index (χ1v) is 11.3. The van der Waals surface area contributed by atoms with Crippen molar-refractivity contribution in [2.45, 2.75) is 88.7 Å². The van der Waals surface area contributed by atoms with E-state index in [4.69, 9.17) is 10.1 Å². The first-order chi connectivity index (χ1) is 13.0. The van der Waals surface area contributed by atoms with Gasteiger partial charge in [0.25, 0.3) is 5.91 Å². The molecule has 1 heterocycles. The molecule has 5 unspecified atom stereocenters. The Morgan fingerprint density at radius 2 is 1.96 bits per heavy atom. The molecule has 2 N–H and O–H groups in total. The van der Waals surface area contributed by atoms with Gasteiger partial charge in [-0.15, -0.1) is 0 Å². The van der Waals surface area contributed by atoms with Crippen LogP contribution in [0, 0.1) is 28.6 Å². The van der Waals surface area contributed by atoms with E-state index in [1.165, 1.54) is 75.5 Å². The first kappa shape index (κ1) is 18.0. The van der Waals surface area contributed by atoms with Crippen LogP contribution in [0.3, 0.4) is 0 Å². The maximum absolute atomic E-state index is 13.1. The molecule has 0 aromatic carbocycles. The summed E-state index contributed by atoms with van der Waals surface area (Å²) in [4.78, 5) is 14.6. The highest BCUT2D eigenvalue weighted by atomic mass is 16.5. The second kappa shape index (κ2) is 6.47. The van der Waals surface area contributed by atoms with Crippen LogP contribution in [-0.2, 0) is 9.53 Å². The van der Waals surface area contributed by atoms with Crippen LogP contribution in [0.15, 0.2) is 0 Å². The number of hydrogen-bond acceptors (Lipinski definition) is 3. The van der Waals surface area contributed by atoms with Crippen LogP contribution < -0.4 is 5.32 Å². The van der Waals surface area contributed by atoms with Crippen molar-refractivity contribution >= 4 is 11.9 Å². The van der Waals surface area contributed by atoms with Crippen LogP contribution in [0.25, 0.3) is 0 Å². The van der Waals surface area contributed by atoms with Crippen LogP contribution in [0.5, 0.6) is 0 Å². The molecule has 1 amide bonds. The van der Waals surface area contributed by atoms with Crippen molar-refractivity contribution in [3.8, 4) is 0 Å². The van der Waals surface area contributed by atoms with Gasteiger partial charge in [0.2, 0.25) is 0 Å². The lowest BCUT2D eigenvalue weighted by Crippen LogP contribution is -2.64. The molecule has 5 nitrogen and oxygen atoms in total. The monoisotopic (exact) mass is 373 g/mol. The second-order valence-electron chi connectivity index (χ2n) is 10.2. The zero-order chi connectivity index (χ0) is 18.6. The van der Waals surface area contributed by atoms with Crippen LogP contribution in [0.4, 0.5) is 0 Å². The summed E-state index contributed by atoms with van der Waals surface area (Å²) in [7, 11) is 1.72. The number of hydrogen-bond donors (Lipinski definition) is 2. The zero-order valence-corrected chi connectivity index (χ0v) is 16.8. The Labute approximate surface area is 163 Å². The van der Waals surface area contributed by atoms with E-state index >= 15 is 0 Å². The van der Waals surface area contributed by atoms with E-state index in [0.29, 0.717) is 24.0 Å². The molecule has 1 saturated heterocycles. The third kappa shape index (κ3) is 2.67. The van der Waals surface area contributed by atoms with E-state index in [1.807, 2.05) is 0 Å². The smallest absolute Gasteiger partial charge is 0.257 e. The summed E-state index contributed by atoms with van der Waals surface area (Å²) in [5, 5.41) is 11.4. The number of nitrogens with zero attached hydrogens (tertiary/aromatic N) is 1. The molecule has 0 bridgehead atoms. The lowest BCUT2D eigenvalue weighted by atomic mass is 9.39. The fourth-order valence-corrected chi connectivity index (χ4v) is 7.23. The lowest BCUT2D eigenvalue weighted by molar-refractivity contribution is -0.234. The molecule has 4 aliphatic carbocycles. The van der Waals surface area contributed by atoms with Gasteiger partial charge in [0.15, 0.2) is 5.96 Å². The van der Waals surface area contributed by atoms with E-state index < -0.39 is 5.54 Å². The molecule has 5 heteroatoms. The van der Waals surface area contributed by atoms with Crippen molar-refractivity contribution in [1.29, 1.82) is 5.41 Å². The quantitative estimate of drug-likeness (QED) is 0.773. The summed E-state index contributed by atoms with van der Waals surface area (Å²) in [6.45, 7) is 0.441. The molecule has 0 aromatic rings. The Bertz CT molecular complexity index is 631. The van der Waals surface area contributed by atoms with Gasteiger partial charge >= 0.3 is 0 Å². The van der Waals surface area contributed by atoms with Crippen molar-refractivity contribution in [1.82, 2.24) is 10.2 Å². The van der Waals surface area contributed by atoms with Crippen LogP contribution in [-0.4, -0.2) is 42.1 Å². The van der Waals surface area contributed by atoms with Gasteiger partial charge in [-0.05, 0) is 61.7 Å². The standard InChI is InChI=1S/C22H35N3O2/c1-25-19(26)22(24-20(25)23,12-15-6-3-2-4-7-15)14-27-18-13-21-11-10-16(21)8-5-9-17(18)21/h15-18H,2-14H2,1H3,(H2,23,24). The number of likely N-dealkylation sites (N-methyl/N-ethyl adjacent to an activating group) is 1. The number of amides is 1. The highest BCUT2D eigenvalue weighted by Gasteiger charge is 2.64. The first-order valence-electron chi connectivity index (χ1n) is 11.3. The Morgan fingerprint density at radius 1 is 1.15 bits per heavy atom. The summed E-state index contributed by atoms with van der Waals surface area (Å²) in [5.41, 5.74) is -0.0969. The van der Waals surface area contributed by atoms with Gasteiger partial charge in [0.1, 0.15) is 5.54 Å². The average Bonchev–Trinajstić information content (AvgIpc) is 2.84. The molecular weight excluding hydrogens is 338 g/mol. The minimum Gasteiger partial charge on any atom is -0.375 e. The Kier molecular flexibility index (Phi) is 4.30. The van der Waals surface area contributed by atoms with Gasteiger partial charge < -0.3 is 10.1 Å². The van der Waals surface area contributed by atoms with Crippen LogP contribution in [0.1, 0.15) is 77.0 Å². The lowest BCUT2D eigenvalue weighted by Gasteiger charge is -2.67. The SMILES string of the molecule is CN1C(=N)NC(COC2CC34CCC3CCCC24)(CC2CCCCC2)C1=O. The summed E-state index contributed by atoms with van der Waals surface area (Å²) in [6, 6.07) is 0. The normalized spacial score (nSPS) is 44.2. The number of rotatable bonds is 5. The van der Waals surface area contributed by atoms with Crippen LogP contribution in [0.2, 0.25) is 0 Å². The second-order valence-corrected chi connectivity index (χ2v) is 10.2. The molecule has 0 radical (unpaired) electrons. The largest absolute Gasteiger partial charge is 0.375 e. The van der Waals surface area contributed by atoms with E-state index in [0.717, 1.165) is 18.3 Å². The molecular formula is C22H35N3O2. The molecule has 1 aliphatic heterocycles. The Morgan fingerprint density at radius 3 is 2.63 bits per heavy atom. The van der Waals surface area contributed by atoms with Crippen molar-refractivity contribution in [2.24, 2.45) is 23.2 Å². The van der Waals surface area contributed by atoms with Crippen molar-refractivity contribution in [3.63, 3.8) is 0 Å². The molecule has 0 aromatic heterocycles. The molecule has 1 spiro atoms. The summed E-state index contributed by atoms with van der Waals surface area (Å²) in [6.07, 6.45) is 15.6. The molecule has 5 rings (SSSR count). The third-order valence-electron chi connectivity index (χ3n) is 8.92. The Hall–Kier alpha value is -1.10. The molecule has 150 valence electrons. The predicted molar refractivity (Wildman–Crippen MR) is 104 cm³/mol. The minimum atomic E-state index is -0.704. The van der Waals surface area contributed by atoms with Gasteiger partial charge in [-0.2, -0.15) is 0 Å². The van der Waals surface area contributed by atoms with E-state index in [1.54, 1.807) is 7.05 Å². The molecule has 5 aliphatic rings. The predicted octanol–water partition coefficient (Wildman–Crippen LogP) is 3.68. The van der Waals surface area contributed by atoms with E-state index in [9.17, 15) is 4.79 Å². The van der Waals surface area contributed by atoms with Gasteiger partial charge in [0, 0.05) is 7.05 Å². The van der Waals surface area contributed by atoms with Gasteiger partial charge in [-0.3, -0.25) is 15.1 Å². The molecule has 27 heavy (non-hydrogen) atoms. The van der Waals surface area contributed by atoms with Crippen LogP contribution >= 0.6 is 0 Å². The number of nitrogens with one attached hydrogen (secondary N) is 2. The summed E-state index contributed by atoms with van der Waals surface area (Å²) in [5.74, 6) is 2.54. The zero-order valence-electron chi connectivity index (χ0n) is 16.8. The summed E-state index contributed by atoms with van der Waals surface area (Å²) >= 11 is 0. The van der Waals surface area contributed by atoms with Crippen molar-refractivity contribution in [2.75, 3.05) is 13.7 Å². The van der Waals surface area contributed by atoms with Crippen molar-refractivity contribution in [3.05, 3.63) is 0 Å². The van der Waals surface area contributed by atoms with E-state index in [2.05, 4.69) is 5.32 Å².